The third-order valence-corrected chi connectivity index (χ3v) is 4.50. The fourth-order valence-electron chi connectivity index (χ4n) is 2.11. The largest absolute Gasteiger partial charge is 0.306 e. The van der Waals surface area contributed by atoms with Gasteiger partial charge in [-0.15, -0.1) is 0 Å². The molecule has 0 amide bonds. The molecular weight excluding hydrogens is 427 g/mol. The minimum atomic E-state index is -0.669. The average molecular weight is 440 g/mol. The van der Waals surface area contributed by atoms with Gasteiger partial charge in [0.15, 0.2) is 0 Å². The third kappa shape index (κ3) is 3.65. The smallest absolute Gasteiger partial charge is 0.145 e. The summed E-state index contributed by atoms with van der Waals surface area (Å²) in [6.45, 7) is 2.41. The van der Waals surface area contributed by atoms with Crippen LogP contribution in [0.25, 0.3) is 0 Å². The summed E-state index contributed by atoms with van der Waals surface area (Å²) in [5.41, 5.74) is 0.565. The van der Waals surface area contributed by atoms with E-state index in [1.54, 1.807) is 18.2 Å². The van der Waals surface area contributed by atoms with Crippen molar-refractivity contribution >= 4 is 43.5 Å². The van der Waals surface area contributed by atoms with Crippen molar-refractivity contribution < 1.29 is 8.78 Å². The minimum absolute atomic E-state index is 0.0498. The number of rotatable bonds is 4. The molecule has 0 saturated heterocycles. The SMILES string of the molecule is CCNC(c1cc(Br)ccc1Cl)c1c(F)ccc(Br)c1F. The number of benzene rings is 2. The standard InChI is InChI=1S/C15H12Br2ClF2N/c1-2-21-15(9-7-8(16)3-5-11(9)18)13-12(19)6-4-10(17)14(13)20/h3-7,15,21H,2H2,1H3. The van der Waals surface area contributed by atoms with Gasteiger partial charge in [0.1, 0.15) is 11.6 Å². The number of halogens is 5. The maximum atomic E-state index is 14.4. The molecule has 21 heavy (non-hydrogen) atoms. The lowest BCUT2D eigenvalue weighted by Gasteiger charge is -2.22. The Balaban J connectivity index is 2.64. The molecule has 0 fully saturated rings. The Morgan fingerprint density at radius 1 is 1.19 bits per heavy atom. The molecule has 0 aliphatic rings. The molecule has 0 saturated carbocycles. The van der Waals surface area contributed by atoms with Crippen molar-refractivity contribution in [3.63, 3.8) is 0 Å². The van der Waals surface area contributed by atoms with Gasteiger partial charge in [-0.05, 0) is 58.4 Å². The zero-order valence-electron chi connectivity index (χ0n) is 11.1. The van der Waals surface area contributed by atoms with Crippen molar-refractivity contribution in [2.75, 3.05) is 6.54 Å². The van der Waals surface area contributed by atoms with Crippen LogP contribution < -0.4 is 5.32 Å². The zero-order chi connectivity index (χ0) is 15.6. The van der Waals surface area contributed by atoms with E-state index in [-0.39, 0.29) is 10.0 Å². The first-order valence-corrected chi connectivity index (χ1v) is 8.23. The molecule has 112 valence electrons. The van der Waals surface area contributed by atoms with Crippen LogP contribution in [0.5, 0.6) is 0 Å². The lowest BCUT2D eigenvalue weighted by atomic mass is 9.97. The van der Waals surface area contributed by atoms with E-state index in [4.69, 9.17) is 11.6 Å². The topological polar surface area (TPSA) is 12.0 Å². The first-order chi connectivity index (χ1) is 9.95. The van der Waals surface area contributed by atoms with E-state index in [0.717, 1.165) is 4.47 Å². The van der Waals surface area contributed by atoms with Crippen molar-refractivity contribution in [3.05, 3.63) is 67.1 Å². The summed E-state index contributed by atoms with van der Waals surface area (Å²) >= 11 is 12.7. The molecule has 1 N–H and O–H groups in total. The molecule has 0 aliphatic carbocycles. The fourth-order valence-corrected chi connectivity index (χ4v) is 3.07. The lowest BCUT2D eigenvalue weighted by Crippen LogP contribution is -2.24. The Hall–Kier alpha value is -0.490. The second-order valence-electron chi connectivity index (χ2n) is 4.41. The maximum absolute atomic E-state index is 14.4. The van der Waals surface area contributed by atoms with Crippen molar-refractivity contribution in [1.82, 2.24) is 5.32 Å². The quantitative estimate of drug-likeness (QED) is 0.590. The molecule has 0 bridgehead atoms. The van der Waals surface area contributed by atoms with Crippen LogP contribution in [-0.2, 0) is 0 Å². The molecule has 1 atom stereocenters. The van der Waals surface area contributed by atoms with E-state index >= 15 is 0 Å². The molecule has 0 aromatic heterocycles. The Morgan fingerprint density at radius 3 is 2.57 bits per heavy atom. The summed E-state index contributed by atoms with van der Waals surface area (Å²) in [6, 6.07) is 7.15. The summed E-state index contributed by atoms with van der Waals surface area (Å²) in [4.78, 5) is 0. The van der Waals surface area contributed by atoms with Crippen molar-refractivity contribution in [3.8, 4) is 0 Å². The molecule has 1 unspecified atom stereocenters. The van der Waals surface area contributed by atoms with Crippen LogP contribution in [-0.4, -0.2) is 6.54 Å². The number of nitrogens with one attached hydrogen (secondary N) is 1. The highest BCUT2D eigenvalue weighted by atomic mass is 79.9. The van der Waals surface area contributed by atoms with Crippen LogP contribution >= 0.6 is 43.5 Å². The van der Waals surface area contributed by atoms with Crippen LogP contribution in [0.2, 0.25) is 5.02 Å². The Labute approximate surface area is 144 Å². The van der Waals surface area contributed by atoms with Gasteiger partial charge >= 0.3 is 0 Å². The van der Waals surface area contributed by atoms with E-state index < -0.39 is 17.7 Å². The first-order valence-electron chi connectivity index (χ1n) is 6.27. The fraction of sp³-hybridized carbons (Fsp3) is 0.200. The molecule has 0 aliphatic heterocycles. The van der Waals surface area contributed by atoms with Crippen molar-refractivity contribution in [1.29, 1.82) is 0 Å². The summed E-state index contributed by atoms with van der Waals surface area (Å²) in [5, 5.41) is 3.53. The van der Waals surface area contributed by atoms with Gasteiger partial charge in [-0.1, -0.05) is 34.5 Å². The molecular formula is C15H12Br2ClF2N. The molecule has 0 heterocycles. The van der Waals surface area contributed by atoms with E-state index in [9.17, 15) is 8.78 Å². The molecule has 0 radical (unpaired) electrons. The van der Waals surface area contributed by atoms with Crippen LogP contribution in [0.15, 0.2) is 39.3 Å². The second-order valence-corrected chi connectivity index (χ2v) is 6.59. The first kappa shape index (κ1) is 16.9. The molecule has 6 heteroatoms. The highest BCUT2D eigenvalue weighted by molar-refractivity contribution is 9.10. The normalized spacial score (nSPS) is 12.5. The van der Waals surface area contributed by atoms with E-state index in [1.165, 1.54) is 12.1 Å². The average Bonchev–Trinajstić information content (AvgIpc) is 2.45. The molecule has 2 aromatic carbocycles. The summed E-state index contributed by atoms with van der Waals surface area (Å²) in [5.74, 6) is -1.24. The van der Waals surface area contributed by atoms with E-state index in [1.807, 2.05) is 6.92 Å². The van der Waals surface area contributed by atoms with Crippen molar-refractivity contribution in [2.24, 2.45) is 0 Å². The predicted molar refractivity (Wildman–Crippen MR) is 88.7 cm³/mol. The Kier molecular flexibility index (Phi) is 5.77. The zero-order valence-corrected chi connectivity index (χ0v) is 15.0. The van der Waals surface area contributed by atoms with Gasteiger partial charge in [-0.3, -0.25) is 0 Å². The highest BCUT2D eigenvalue weighted by Crippen LogP contribution is 2.35. The maximum Gasteiger partial charge on any atom is 0.145 e. The van der Waals surface area contributed by atoms with Gasteiger partial charge in [-0.25, -0.2) is 8.78 Å². The van der Waals surface area contributed by atoms with E-state index in [2.05, 4.69) is 37.2 Å². The van der Waals surface area contributed by atoms with Gasteiger partial charge in [0.05, 0.1) is 10.5 Å². The van der Waals surface area contributed by atoms with E-state index in [0.29, 0.717) is 17.1 Å². The van der Waals surface area contributed by atoms with Gasteiger partial charge in [-0.2, -0.15) is 0 Å². The summed E-state index contributed by atoms with van der Waals surface area (Å²) < 4.78 is 29.5. The monoisotopic (exact) mass is 437 g/mol. The number of hydrogen-bond acceptors (Lipinski definition) is 1. The molecule has 2 rings (SSSR count). The lowest BCUT2D eigenvalue weighted by molar-refractivity contribution is 0.507. The Bertz CT molecular complexity index is 664. The molecule has 1 nitrogen and oxygen atoms in total. The predicted octanol–water partition coefficient (Wildman–Crippen LogP) is 5.84. The summed E-state index contributed by atoms with van der Waals surface area (Å²) in [7, 11) is 0. The second kappa shape index (κ2) is 7.18. The van der Waals surface area contributed by atoms with Gasteiger partial charge in [0.2, 0.25) is 0 Å². The summed E-state index contributed by atoms with van der Waals surface area (Å²) in [6.07, 6.45) is 0. The van der Waals surface area contributed by atoms with Crippen LogP contribution in [0.3, 0.4) is 0 Å². The van der Waals surface area contributed by atoms with Crippen LogP contribution in [0.4, 0.5) is 8.78 Å². The number of hydrogen-bond donors (Lipinski definition) is 1. The van der Waals surface area contributed by atoms with Crippen LogP contribution in [0, 0.1) is 11.6 Å². The van der Waals surface area contributed by atoms with Crippen LogP contribution in [0.1, 0.15) is 24.1 Å². The highest BCUT2D eigenvalue weighted by Gasteiger charge is 2.24. The Morgan fingerprint density at radius 2 is 1.90 bits per heavy atom. The third-order valence-electron chi connectivity index (χ3n) is 3.05. The molecule has 2 aromatic rings. The van der Waals surface area contributed by atoms with Crippen molar-refractivity contribution in [2.45, 2.75) is 13.0 Å². The molecule has 0 spiro atoms. The minimum Gasteiger partial charge on any atom is -0.306 e. The van der Waals surface area contributed by atoms with Gasteiger partial charge in [0.25, 0.3) is 0 Å². The van der Waals surface area contributed by atoms with Gasteiger partial charge < -0.3 is 5.32 Å². The van der Waals surface area contributed by atoms with Gasteiger partial charge in [0, 0.05) is 15.1 Å².